The zero-order valence-corrected chi connectivity index (χ0v) is 15.4. The lowest BCUT2D eigenvalue weighted by Gasteiger charge is -2.27. The molecule has 1 aromatic carbocycles. The number of aryl methyl sites for hydroxylation is 1. The first-order valence-corrected chi connectivity index (χ1v) is 8.75. The molecular weight excluding hydrogens is 335 g/mol. The molecule has 140 valence electrons. The summed E-state index contributed by atoms with van der Waals surface area (Å²) in [6.45, 7) is 4.77. The summed E-state index contributed by atoms with van der Waals surface area (Å²) in [5.41, 5.74) is 3.28. The SMILES string of the molecule is Cc1cc(CN2CCn3nc([C@H](O)CC(=O)N(C)C)cc3C2)ccc1F. The van der Waals surface area contributed by atoms with Crippen LogP contribution in [-0.4, -0.2) is 51.2 Å². The number of nitrogens with zero attached hydrogens (tertiary/aromatic N) is 4. The summed E-state index contributed by atoms with van der Waals surface area (Å²) in [4.78, 5) is 15.5. The van der Waals surface area contributed by atoms with Gasteiger partial charge in [-0.15, -0.1) is 0 Å². The highest BCUT2D eigenvalue weighted by Crippen LogP contribution is 2.22. The van der Waals surface area contributed by atoms with Crippen LogP contribution in [0.2, 0.25) is 0 Å². The van der Waals surface area contributed by atoms with Gasteiger partial charge in [-0.1, -0.05) is 12.1 Å². The first-order chi connectivity index (χ1) is 12.3. The Labute approximate surface area is 152 Å². The molecule has 6 nitrogen and oxygen atoms in total. The molecule has 1 N–H and O–H groups in total. The Morgan fingerprint density at radius 1 is 1.35 bits per heavy atom. The van der Waals surface area contributed by atoms with Gasteiger partial charge in [0.1, 0.15) is 11.9 Å². The first kappa shape index (κ1) is 18.5. The maximum atomic E-state index is 13.4. The molecule has 1 atom stereocenters. The molecule has 0 saturated carbocycles. The third kappa shape index (κ3) is 4.11. The van der Waals surface area contributed by atoms with E-state index in [-0.39, 0.29) is 18.1 Å². The van der Waals surface area contributed by atoms with E-state index in [1.165, 1.54) is 11.0 Å². The van der Waals surface area contributed by atoms with E-state index in [0.29, 0.717) is 17.8 Å². The van der Waals surface area contributed by atoms with Gasteiger partial charge >= 0.3 is 0 Å². The topological polar surface area (TPSA) is 61.6 Å². The Bertz CT molecular complexity index is 803. The van der Waals surface area contributed by atoms with Crippen LogP contribution in [0.1, 0.15) is 35.0 Å². The van der Waals surface area contributed by atoms with Gasteiger partial charge in [-0.25, -0.2) is 4.39 Å². The van der Waals surface area contributed by atoms with E-state index in [9.17, 15) is 14.3 Å². The molecule has 2 aromatic rings. The molecule has 1 aliphatic rings. The van der Waals surface area contributed by atoms with Crippen molar-refractivity contribution in [2.75, 3.05) is 20.6 Å². The van der Waals surface area contributed by atoms with Crippen molar-refractivity contribution in [2.24, 2.45) is 0 Å². The number of amides is 1. The molecule has 0 radical (unpaired) electrons. The Morgan fingerprint density at radius 2 is 2.12 bits per heavy atom. The number of hydrogen-bond acceptors (Lipinski definition) is 4. The molecule has 2 heterocycles. The molecular formula is C19H25FN4O2. The van der Waals surface area contributed by atoms with E-state index < -0.39 is 6.10 Å². The number of rotatable bonds is 5. The van der Waals surface area contributed by atoms with Crippen molar-refractivity contribution in [1.29, 1.82) is 0 Å². The molecule has 0 unspecified atom stereocenters. The molecule has 0 saturated heterocycles. The average molecular weight is 360 g/mol. The second kappa shape index (κ2) is 7.55. The number of aromatic nitrogens is 2. The standard InChI is InChI=1S/C19H25FN4O2/c1-13-8-14(4-5-16(13)20)11-23-6-7-24-15(12-23)9-17(21-24)18(25)10-19(26)22(2)3/h4-5,8-9,18,25H,6-7,10-12H2,1-3H3/t18-/m1/s1. The molecule has 7 heteroatoms. The fourth-order valence-electron chi connectivity index (χ4n) is 3.16. The summed E-state index contributed by atoms with van der Waals surface area (Å²) >= 11 is 0. The van der Waals surface area contributed by atoms with Crippen LogP contribution < -0.4 is 0 Å². The number of hydrogen-bond donors (Lipinski definition) is 1. The van der Waals surface area contributed by atoms with Crippen molar-refractivity contribution in [1.82, 2.24) is 19.6 Å². The lowest BCUT2D eigenvalue weighted by Crippen LogP contribution is -2.33. The van der Waals surface area contributed by atoms with Gasteiger partial charge in [0.2, 0.25) is 5.91 Å². The van der Waals surface area contributed by atoms with Crippen LogP contribution in [-0.2, 0) is 24.4 Å². The zero-order valence-electron chi connectivity index (χ0n) is 15.4. The molecule has 0 aliphatic carbocycles. The highest BCUT2D eigenvalue weighted by molar-refractivity contribution is 5.76. The third-order valence-electron chi connectivity index (χ3n) is 4.73. The number of aliphatic hydroxyl groups excluding tert-OH is 1. The van der Waals surface area contributed by atoms with E-state index in [2.05, 4.69) is 10.00 Å². The summed E-state index contributed by atoms with van der Waals surface area (Å²) < 4.78 is 15.3. The van der Waals surface area contributed by atoms with E-state index in [1.807, 2.05) is 22.9 Å². The second-order valence-electron chi connectivity index (χ2n) is 7.09. The normalized spacial score (nSPS) is 15.6. The second-order valence-corrected chi connectivity index (χ2v) is 7.09. The summed E-state index contributed by atoms with van der Waals surface area (Å²) in [7, 11) is 3.34. The molecule has 0 spiro atoms. The lowest BCUT2D eigenvalue weighted by atomic mass is 10.1. The number of carbonyl (C=O) groups excluding carboxylic acids is 1. The molecule has 3 rings (SSSR count). The van der Waals surface area contributed by atoms with E-state index >= 15 is 0 Å². The van der Waals surface area contributed by atoms with E-state index in [4.69, 9.17) is 0 Å². The van der Waals surface area contributed by atoms with Gasteiger partial charge < -0.3 is 10.0 Å². The van der Waals surface area contributed by atoms with Crippen LogP contribution in [0.3, 0.4) is 0 Å². The fourth-order valence-corrected chi connectivity index (χ4v) is 3.16. The zero-order chi connectivity index (χ0) is 18.8. The van der Waals surface area contributed by atoms with Crippen LogP contribution in [0, 0.1) is 12.7 Å². The fraction of sp³-hybridized carbons (Fsp3) is 0.474. The highest BCUT2D eigenvalue weighted by atomic mass is 19.1. The Hall–Kier alpha value is -2.25. The van der Waals surface area contributed by atoms with Crippen LogP contribution in [0.5, 0.6) is 0 Å². The minimum atomic E-state index is -0.892. The maximum absolute atomic E-state index is 13.4. The van der Waals surface area contributed by atoms with Gasteiger partial charge in [0, 0.05) is 33.7 Å². The van der Waals surface area contributed by atoms with Crippen molar-refractivity contribution in [3.05, 3.63) is 52.6 Å². The predicted octanol–water partition coefficient (Wildman–Crippen LogP) is 1.86. The molecule has 0 fully saturated rings. The number of carbonyl (C=O) groups is 1. The summed E-state index contributed by atoms with van der Waals surface area (Å²) in [6.07, 6.45) is -0.863. The predicted molar refractivity (Wildman–Crippen MR) is 95.7 cm³/mol. The lowest BCUT2D eigenvalue weighted by molar-refractivity contribution is -0.130. The van der Waals surface area contributed by atoms with Crippen molar-refractivity contribution < 1.29 is 14.3 Å². The molecule has 26 heavy (non-hydrogen) atoms. The molecule has 1 amide bonds. The van der Waals surface area contributed by atoms with Crippen molar-refractivity contribution >= 4 is 5.91 Å². The van der Waals surface area contributed by atoms with Crippen LogP contribution in [0.15, 0.2) is 24.3 Å². The Kier molecular flexibility index (Phi) is 5.38. The van der Waals surface area contributed by atoms with Crippen molar-refractivity contribution in [2.45, 2.75) is 39.1 Å². The molecule has 1 aromatic heterocycles. The smallest absolute Gasteiger partial charge is 0.225 e. The monoisotopic (exact) mass is 360 g/mol. The minimum absolute atomic E-state index is 0.0298. The van der Waals surface area contributed by atoms with Gasteiger partial charge in [-0.2, -0.15) is 5.10 Å². The quantitative estimate of drug-likeness (QED) is 0.884. The number of halogens is 1. The van der Waals surface area contributed by atoms with Crippen LogP contribution in [0.25, 0.3) is 0 Å². The minimum Gasteiger partial charge on any atom is -0.386 e. The van der Waals surface area contributed by atoms with Crippen molar-refractivity contribution in [3.8, 4) is 0 Å². The van der Waals surface area contributed by atoms with Crippen LogP contribution >= 0.6 is 0 Å². The summed E-state index contributed by atoms with van der Waals surface area (Å²) in [5.74, 6) is -0.312. The molecule has 1 aliphatic heterocycles. The average Bonchev–Trinajstić information content (AvgIpc) is 3.01. The number of fused-ring (bicyclic) bond motifs is 1. The van der Waals surface area contributed by atoms with E-state index in [1.54, 1.807) is 21.0 Å². The van der Waals surface area contributed by atoms with Crippen molar-refractivity contribution in [3.63, 3.8) is 0 Å². The van der Waals surface area contributed by atoms with Gasteiger partial charge in [0.25, 0.3) is 0 Å². The van der Waals surface area contributed by atoms with E-state index in [0.717, 1.165) is 30.9 Å². The highest BCUT2D eigenvalue weighted by Gasteiger charge is 2.23. The Balaban J connectivity index is 1.66. The summed E-state index contributed by atoms with van der Waals surface area (Å²) in [6, 6.07) is 7.07. The van der Waals surface area contributed by atoms with Gasteiger partial charge in [-0.05, 0) is 30.2 Å². The third-order valence-corrected chi connectivity index (χ3v) is 4.73. The number of aliphatic hydroxyl groups is 1. The maximum Gasteiger partial charge on any atom is 0.225 e. The van der Waals surface area contributed by atoms with Gasteiger partial charge in [0.15, 0.2) is 0 Å². The Morgan fingerprint density at radius 3 is 2.81 bits per heavy atom. The van der Waals surface area contributed by atoms with Crippen LogP contribution in [0.4, 0.5) is 4.39 Å². The van der Waals surface area contributed by atoms with Gasteiger partial charge in [-0.3, -0.25) is 14.4 Å². The largest absolute Gasteiger partial charge is 0.386 e. The summed E-state index contributed by atoms with van der Waals surface area (Å²) in [5, 5.41) is 14.7. The number of benzene rings is 1. The van der Waals surface area contributed by atoms with Gasteiger partial charge in [0.05, 0.1) is 24.4 Å². The first-order valence-electron chi connectivity index (χ1n) is 8.75. The molecule has 0 bridgehead atoms.